The summed E-state index contributed by atoms with van der Waals surface area (Å²) in [6, 6.07) is 12.2. The van der Waals surface area contributed by atoms with E-state index in [0.29, 0.717) is 26.9 Å². The quantitative estimate of drug-likeness (QED) is 0.287. The molecule has 1 N–H and O–H groups in total. The predicted octanol–water partition coefficient (Wildman–Crippen LogP) is 6.26. The third kappa shape index (κ3) is 6.02. The summed E-state index contributed by atoms with van der Waals surface area (Å²) in [5, 5.41) is 5.10. The molecule has 0 saturated heterocycles. The zero-order valence-corrected chi connectivity index (χ0v) is 19.4. The van der Waals surface area contributed by atoms with Gasteiger partial charge in [-0.15, -0.1) is 0 Å². The van der Waals surface area contributed by atoms with Gasteiger partial charge in [0.2, 0.25) is 0 Å². The van der Waals surface area contributed by atoms with Crippen molar-refractivity contribution in [2.75, 3.05) is 0 Å². The molecule has 29 heavy (non-hydrogen) atoms. The van der Waals surface area contributed by atoms with Crippen molar-refractivity contribution >= 4 is 67.2 Å². The van der Waals surface area contributed by atoms with Gasteiger partial charge in [0.25, 0.3) is 5.91 Å². The van der Waals surface area contributed by atoms with E-state index in [9.17, 15) is 4.79 Å². The van der Waals surface area contributed by atoms with Crippen LogP contribution in [0.4, 0.5) is 0 Å². The summed E-state index contributed by atoms with van der Waals surface area (Å²) in [6.45, 7) is 0.235. The molecule has 0 bridgehead atoms. The molecule has 148 valence electrons. The SMILES string of the molecule is O=C(N/N=C/c1cc(Br)cc(Br)c1OCc1ccc(Cl)cc1Cl)c1cccnc1. The first kappa shape index (κ1) is 21.8. The van der Waals surface area contributed by atoms with E-state index in [1.165, 1.54) is 12.4 Å². The van der Waals surface area contributed by atoms with Crippen LogP contribution < -0.4 is 10.2 Å². The second kappa shape index (κ2) is 10.2. The second-order valence-corrected chi connectivity index (χ2v) is 8.38. The van der Waals surface area contributed by atoms with Crippen LogP contribution in [0.1, 0.15) is 21.5 Å². The van der Waals surface area contributed by atoms with E-state index in [2.05, 4.69) is 47.4 Å². The van der Waals surface area contributed by atoms with Gasteiger partial charge in [-0.05, 0) is 52.3 Å². The third-order valence-corrected chi connectivity index (χ3v) is 5.35. The Morgan fingerprint density at radius 2 is 2.03 bits per heavy atom. The molecular weight excluding hydrogens is 545 g/mol. The molecule has 3 aromatic rings. The van der Waals surface area contributed by atoms with Gasteiger partial charge in [-0.3, -0.25) is 9.78 Å². The highest BCUT2D eigenvalue weighted by molar-refractivity contribution is 9.11. The fourth-order valence-electron chi connectivity index (χ4n) is 2.34. The van der Waals surface area contributed by atoms with E-state index in [0.717, 1.165) is 14.5 Å². The molecule has 1 aromatic heterocycles. The number of nitrogens with one attached hydrogen (secondary N) is 1. The van der Waals surface area contributed by atoms with Crippen molar-refractivity contribution in [3.05, 3.63) is 90.5 Å². The molecule has 3 rings (SSSR count). The van der Waals surface area contributed by atoms with Crippen LogP contribution in [0.25, 0.3) is 0 Å². The van der Waals surface area contributed by atoms with Gasteiger partial charge in [0.15, 0.2) is 0 Å². The Morgan fingerprint density at radius 3 is 2.76 bits per heavy atom. The smallest absolute Gasteiger partial charge is 0.272 e. The lowest BCUT2D eigenvalue weighted by Gasteiger charge is -2.13. The summed E-state index contributed by atoms with van der Waals surface area (Å²) < 4.78 is 7.50. The first-order chi connectivity index (χ1) is 13.9. The first-order valence-electron chi connectivity index (χ1n) is 8.23. The second-order valence-electron chi connectivity index (χ2n) is 5.77. The number of hydrogen-bond acceptors (Lipinski definition) is 4. The van der Waals surface area contributed by atoms with Gasteiger partial charge in [-0.25, -0.2) is 5.43 Å². The van der Waals surface area contributed by atoms with Gasteiger partial charge in [0.1, 0.15) is 12.4 Å². The number of amides is 1. The molecular formula is C20H13Br2Cl2N3O2. The summed E-state index contributed by atoms with van der Waals surface area (Å²) in [7, 11) is 0. The summed E-state index contributed by atoms with van der Waals surface area (Å²) in [6.07, 6.45) is 4.56. The van der Waals surface area contributed by atoms with E-state index >= 15 is 0 Å². The van der Waals surface area contributed by atoms with Gasteiger partial charge >= 0.3 is 0 Å². The van der Waals surface area contributed by atoms with E-state index < -0.39 is 0 Å². The molecule has 1 amide bonds. The number of hydrazone groups is 1. The highest BCUT2D eigenvalue weighted by atomic mass is 79.9. The Hall–Kier alpha value is -1.93. The lowest BCUT2D eigenvalue weighted by Crippen LogP contribution is -2.17. The van der Waals surface area contributed by atoms with Crippen LogP contribution in [-0.4, -0.2) is 17.1 Å². The van der Waals surface area contributed by atoms with Gasteiger partial charge in [0, 0.05) is 38.0 Å². The van der Waals surface area contributed by atoms with E-state index in [4.69, 9.17) is 27.9 Å². The number of halogens is 4. The summed E-state index contributed by atoms with van der Waals surface area (Å²) in [5.41, 5.74) is 4.33. The molecule has 0 aliphatic heterocycles. The largest absolute Gasteiger partial charge is 0.487 e. The number of aromatic nitrogens is 1. The predicted molar refractivity (Wildman–Crippen MR) is 122 cm³/mol. The number of benzene rings is 2. The number of carbonyl (C=O) groups is 1. The number of carbonyl (C=O) groups excluding carboxylic acids is 1. The topological polar surface area (TPSA) is 63.6 Å². The summed E-state index contributed by atoms with van der Waals surface area (Å²) >= 11 is 19.1. The molecule has 0 unspecified atom stereocenters. The van der Waals surface area contributed by atoms with Crippen LogP contribution in [0.2, 0.25) is 10.0 Å². The van der Waals surface area contributed by atoms with Crippen LogP contribution in [0.15, 0.2) is 68.9 Å². The average molecular weight is 558 g/mol. The summed E-state index contributed by atoms with van der Waals surface area (Å²) in [4.78, 5) is 16.0. The minimum atomic E-state index is -0.362. The normalized spacial score (nSPS) is 10.9. The van der Waals surface area contributed by atoms with Crippen molar-refractivity contribution in [2.24, 2.45) is 5.10 Å². The van der Waals surface area contributed by atoms with E-state index in [-0.39, 0.29) is 12.5 Å². The lowest BCUT2D eigenvalue weighted by molar-refractivity contribution is 0.0954. The molecule has 1 heterocycles. The maximum atomic E-state index is 12.1. The third-order valence-electron chi connectivity index (χ3n) is 3.72. The van der Waals surface area contributed by atoms with Crippen molar-refractivity contribution in [3.8, 4) is 5.75 Å². The van der Waals surface area contributed by atoms with Crippen molar-refractivity contribution < 1.29 is 9.53 Å². The molecule has 5 nitrogen and oxygen atoms in total. The molecule has 0 spiro atoms. The van der Waals surface area contributed by atoms with Crippen molar-refractivity contribution in [3.63, 3.8) is 0 Å². The molecule has 0 aliphatic rings. The number of rotatable bonds is 6. The maximum Gasteiger partial charge on any atom is 0.272 e. The van der Waals surface area contributed by atoms with Gasteiger partial charge in [-0.1, -0.05) is 45.2 Å². The summed E-state index contributed by atoms with van der Waals surface area (Å²) in [5.74, 6) is 0.192. The van der Waals surface area contributed by atoms with Gasteiger partial charge < -0.3 is 4.74 Å². The number of ether oxygens (including phenoxy) is 1. The standard InChI is InChI=1S/C20H13Br2Cl2N3O2/c21-15-6-14(10-26-27-20(28)12-2-1-5-25-9-12)19(17(22)7-15)29-11-13-3-4-16(23)8-18(13)24/h1-10H,11H2,(H,27,28)/b26-10+. The Balaban J connectivity index is 1.77. The fraction of sp³-hybridized carbons (Fsp3) is 0.0500. The van der Waals surface area contributed by atoms with Gasteiger partial charge in [0.05, 0.1) is 16.3 Å². The number of nitrogens with zero attached hydrogens (tertiary/aromatic N) is 2. The van der Waals surface area contributed by atoms with Crippen molar-refractivity contribution in [2.45, 2.75) is 6.61 Å². The van der Waals surface area contributed by atoms with Crippen molar-refractivity contribution in [1.82, 2.24) is 10.4 Å². The van der Waals surface area contributed by atoms with Crippen LogP contribution in [-0.2, 0) is 6.61 Å². The van der Waals surface area contributed by atoms with E-state index in [1.807, 2.05) is 12.1 Å². The zero-order chi connectivity index (χ0) is 20.8. The monoisotopic (exact) mass is 555 g/mol. The van der Waals surface area contributed by atoms with E-state index in [1.54, 1.807) is 36.5 Å². The molecule has 2 aromatic carbocycles. The minimum absolute atomic E-state index is 0.235. The van der Waals surface area contributed by atoms with Crippen LogP contribution >= 0.6 is 55.1 Å². The van der Waals surface area contributed by atoms with Gasteiger partial charge in [-0.2, -0.15) is 5.10 Å². The maximum absolute atomic E-state index is 12.1. The molecule has 0 saturated carbocycles. The Bertz CT molecular complexity index is 1060. The highest BCUT2D eigenvalue weighted by Crippen LogP contribution is 2.33. The molecule has 0 atom stereocenters. The molecule has 0 aliphatic carbocycles. The lowest BCUT2D eigenvalue weighted by atomic mass is 10.2. The molecule has 0 radical (unpaired) electrons. The van der Waals surface area contributed by atoms with Crippen LogP contribution in [0.3, 0.4) is 0 Å². The Morgan fingerprint density at radius 1 is 1.21 bits per heavy atom. The fourth-order valence-corrected chi connectivity index (χ4v) is 4.17. The highest BCUT2D eigenvalue weighted by Gasteiger charge is 2.11. The number of pyridine rings is 1. The molecule has 9 heteroatoms. The average Bonchev–Trinajstić information content (AvgIpc) is 2.69. The van der Waals surface area contributed by atoms with Crippen LogP contribution in [0.5, 0.6) is 5.75 Å². The number of hydrogen-bond donors (Lipinski definition) is 1. The van der Waals surface area contributed by atoms with Crippen LogP contribution in [0, 0.1) is 0 Å². The Labute approximate surface area is 194 Å². The zero-order valence-electron chi connectivity index (χ0n) is 14.7. The molecule has 0 fully saturated rings. The minimum Gasteiger partial charge on any atom is -0.487 e. The van der Waals surface area contributed by atoms with Crippen molar-refractivity contribution in [1.29, 1.82) is 0 Å². The Kier molecular flexibility index (Phi) is 7.66. The first-order valence-corrected chi connectivity index (χ1v) is 10.6.